The molecular weight excluding hydrogens is 420 g/mol. The topological polar surface area (TPSA) is 74.3 Å². The minimum atomic E-state index is -3.57. The first-order valence-electron chi connectivity index (χ1n) is 9.68. The molecule has 30 heavy (non-hydrogen) atoms. The number of benzene rings is 2. The number of sulfonamides is 1. The van der Waals surface area contributed by atoms with Crippen LogP contribution in [0.3, 0.4) is 0 Å². The summed E-state index contributed by atoms with van der Waals surface area (Å²) in [6, 6.07) is 15.1. The molecular formula is C22H29ClN4O2S. The van der Waals surface area contributed by atoms with E-state index in [9.17, 15) is 8.42 Å². The number of halogens is 1. The monoisotopic (exact) mass is 448 g/mol. The van der Waals surface area contributed by atoms with E-state index in [4.69, 9.17) is 0 Å². The molecule has 0 amide bonds. The molecule has 0 saturated heterocycles. The number of fused-ring (bicyclic) bond motifs is 1. The summed E-state index contributed by atoms with van der Waals surface area (Å²) < 4.78 is 28.1. The maximum atomic E-state index is 12.7. The Hall–Kier alpha value is -2.19. The Bertz CT molecular complexity index is 1060. The number of rotatable bonds is 9. The van der Waals surface area contributed by atoms with Crippen molar-refractivity contribution >= 4 is 38.9 Å². The summed E-state index contributed by atoms with van der Waals surface area (Å²) in [7, 11) is 0.476. The highest BCUT2D eigenvalue weighted by molar-refractivity contribution is 7.89. The summed E-state index contributed by atoms with van der Waals surface area (Å²) in [5.41, 5.74) is 2.43. The van der Waals surface area contributed by atoms with Gasteiger partial charge in [-0.25, -0.2) is 13.1 Å². The maximum absolute atomic E-state index is 12.7. The lowest BCUT2D eigenvalue weighted by atomic mass is 10.1. The van der Waals surface area contributed by atoms with E-state index in [2.05, 4.69) is 44.2 Å². The molecule has 0 bridgehead atoms. The van der Waals surface area contributed by atoms with Crippen LogP contribution in [0.15, 0.2) is 65.8 Å². The second-order valence-electron chi connectivity index (χ2n) is 7.42. The van der Waals surface area contributed by atoms with Crippen LogP contribution in [-0.2, 0) is 16.4 Å². The van der Waals surface area contributed by atoms with Gasteiger partial charge in [-0.1, -0.05) is 18.2 Å². The number of pyridine rings is 1. The lowest BCUT2D eigenvalue weighted by Crippen LogP contribution is -2.40. The van der Waals surface area contributed by atoms with Crippen LogP contribution in [0.1, 0.15) is 12.5 Å². The van der Waals surface area contributed by atoms with Gasteiger partial charge < -0.3 is 10.2 Å². The van der Waals surface area contributed by atoms with Crippen LogP contribution in [-0.4, -0.2) is 46.6 Å². The Morgan fingerprint density at radius 3 is 2.47 bits per heavy atom. The number of anilines is 1. The standard InChI is InChI=1S/C22H28N4O2S.ClH/c1-17(15-23-12-10-18-4-7-21(8-5-18)26(2)3)25-29(27,28)22-9-6-20-16-24-13-11-19(20)14-22;/h4-9,11,13-14,16-17,23,25H,10,12,15H2,1-3H3;1H. The third-order valence-electron chi connectivity index (χ3n) is 4.77. The molecule has 162 valence electrons. The van der Waals surface area contributed by atoms with Crippen molar-refractivity contribution in [3.63, 3.8) is 0 Å². The van der Waals surface area contributed by atoms with Gasteiger partial charge in [0.15, 0.2) is 0 Å². The summed E-state index contributed by atoms with van der Waals surface area (Å²) in [5, 5.41) is 5.10. The average Bonchev–Trinajstić information content (AvgIpc) is 2.71. The van der Waals surface area contributed by atoms with Gasteiger partial charge in [0.2, 0.25) is 10.0 Å². The van der Waals surface area contributed by atoms with Crippen molar-refractivity contribution in [3.8, 4) is 0 Å². The van der Waals surface area contributed by atoms with Gasteiger partial charge in [0.1, 0.15) is 0 Å². The molecule has 0 radical (unpaired) electrons. The van der Waals surface area contributed by atoms with Crippen molar-refractivity contribution in [2.45, 2.75) is 24.3 Å². The molecule has 1 heterocycles. The van der Waals surface area contributed by atoms with Gasteiger partial charge in [0, 0.05) is 50.1 Å². The molecule has 6 nitrogen and oxygen atoms in total. The fraction of sp³-hybridized carbons (Fsp3) is 0.318. The third-order valence-corrected chi connectivity index (χ3v) is 6.36. The average molecular weight is 449 g/mol. The van der Waals surface area contributed by atoms with Crippen molar-refractivity contribution < 1.29 is 8.42 Å². The lowest BCUT2D eigenvalue weighted by Gasteiger charge is -2.16. The van der Waals surface area contributed by atoms with Crippen molar-refractivity contribution in [3.05, 3.63) is 66.5 Å². The Morgan fingerprint density at radius 2 is 1.77 bits per heavy atom. The Kier molecular flexibility index (Phi) is 8.61. The van der Waals surface area contributed by atoms with E-state index in [1.807, 2.05) is 27.1 Å². The largest absolute Gasteiger partial charge is 0.378 e. The minimum Gasteiger partial charge on any atom is -0.378 e. The number of nitrogens with zero attached hydrogens (tertiary/aromatic N) is 2. The molecule has 0 fully saturated rings. The quantitative estimate of drug-likeness (QED) is 0.491. The molecule has 3 rings (SSSR count). The van der Waals surface area contributed by atoms with Crippen LogP contribution in [0.2, 0.25) is 0 Å². The highest BCUT2D eigenvalue weighted by Crippen LogP contribution is 2.18. The molecule has 0 aliphatic carbocycles. The molecule has 2 N–H and O–H groups in total. The zero-order chi connectivity index (χ0) is 20.9. The predicted octanol–water partition coefficient (Wildman–Crippen LogP) is 3.22. The van der Waals surface area contributed by atoms with Crippen LogP contribution in [0.25, 0.3) is 10.8 Å². The van der Waals surface area contributed by atoms with Crippen molar-refractivity contribution in [1.29, 1.82) is 0 Å². The fourth-order valence-corrected chi connectivity index (χ4v) is 4.39. The van der Waals surface area contributed by atoms with E-state index in [1.54, 1.807) is 30.6 Å². The molecule has 8 heteroatoms. The van der Waals surface area contributed by atoms with E-state index >= 15 is 0 Å². The molecule has 0 aliphatic heterocycles. The zero-order valence-electron chi connectivity index (χ0n) is 17.5. The van der Waals surface area contributed by atoms with Crippen molar-refractivity contribution in [1.82, 2.24) is 15.0 Å². The van der Waals surface area contributed by atoms with Crippen LogP contribution >= 0.6 is 12.4 Å². The number of aromatic nitrogens is 1. The summed E-state index contributed by atoms with van der Waals surface area (Å²) in [6.07, 6.45) is 4.28. The molecule has 1 atom stereocenters. The Morgan fingerprint density at radius 1 is 1.03 bits per heavy atom. The summed E-state index contributed by atoms with van der Waals surface area (Å²) in [4.78, 5) is 6.39. The number of hydrogen-bond donors (Lipinski definition) is 2. The summed E-state index contributed by atoms with van der Waals surface area (Å²) >= 11 is 0. The first kappa shape index (κ1) is 24.1. The van der Waals surface area contributed by atoms with Crippen LogP contribution in [0.5, 0.6) is 0 Å². The molecule has 2 aromatic carbocycles. The molecule has 0 spiro atoms. The van der Waals surface area contributed by atoms with Crippen LogP contribution in [0.4, 0.5) is 5.69 Å². The molecule has 1 unspecified atom stereocenters. The minimum absolute atomic E-state index is 0. The third kappa shape index (κ3) is 6.40. The van der Waals surface area contributed by atoms with Gasteiger partial charge in [-0.15, -0.1) is 12.4 Å². The van der Waals surface area contributed by atoms with Gasteiger partial charge in [-0.3, -0.25) is 4.98 Å². The number of hydrogen-bond acceptors (Lipinski definition) is 5. The molecule has 3 aromatic rings. The first-order chi connectivity index (χ1) is 13.8. The normalized spacial score (nSPS) is 12.4. The van der Waals surface area contributed by atoms with Gasteiger partial charge in [-0.05, 0) is 61.2 Å². The number of nitrogens with one attached hydrogen (secondary N) is 2. The fourth-order valence-electron chi connectivity index (χ4n) is 3.12. The second-order valence-corrected chi connectivity index (χ2v) is 9.14. The smallest absolute Gasteiger partial charge is 0.240 e. The second kappa shape index (κ2) is 10.7. The summed E-state index contributed by atoms with van der Waals surface area (Å²) in [6.45, 7) is 3.21. The van der Waals surface area contributed by atoms with Crippen LogP contribution in [0, 0.1) is 0 Å². The van der Waals surface area contributed by atoms with E-state index in [-0.39, 0.29) is 23.3 Å². The van der Waals surface area contributed by atoms with Crippen molar-refractivity contribution in [2.24, 2.45) is 0 Å². The first-order valence-corrected chi connectivity index (χ1v) is 11.2. The Balaban J connectivity index is 0.00000320. The van der Waals surface area contributed by atoms with E-state index in [0.717, 1.165) is 23.7 Å². The van der Waals surface area contributed by atoms with Crippen LogP contribution < -0.4 is 14.9 Å². The Labute approximate surface area is 185 Å². The zero-order valence-corrected chi connectivity index (χ0v) is 19.1. The molecule has 0 saturated carbocycles. The van der Waals surface area contributed by atoms with Gasteiger partial charge >= 0.3 is 0 Å². The highest BCUT2D eigenvalue weighted by atomic mass is 35.5. The molecule has 0 aliphatic rings. The maximum Gasteiger partial charge on any atom is 0.240 e. The summed E-state index contributed by atoms with van der Waals surface area (Å²) in [5.74, 6) is 0. The van der Waals surface area contributed by atoms with Gasteiger partial charge in [0.25, 0.3) is 0 Å². The van der Waals surface area contributed by atoms with E-state index < -0.39 is 10.0 Å². The van der Waals surface area contributed by atoms with Gasteiger partial charge in [-0.2, -0.15) is 0 Å². The lowest BCUT2D eigenvalue weighted by molar-refractivity contribution is 0.537. The highest BCUT2D eigenvalue weighted by Gasteiger charge is 2.17. The van der Waals surface area contributed by atoms with E-state index in [1.165, 1.54) is 11.3 Å². The van der Waals surface area contributed by atoms with Crippen molar-refractivity contribution in [2.75, 3.05) is 32.1 Å². The SMILES string of the molecule is CC(CNCCc1ccc(N(C)C)cc1)NS(=O)(=O)c1ccc2cnccc2c1.Cl. The molecule has 1 aromatic heterocycles. The predicted molar refractivity (Wildman–Crippen MR) is 126 cm³/mol. The van der Waals surface area contributed by atoms with E-state index in [0.29, 0.717) is 6.54 Å². The van der Waals surface area contributed by atoms with Gasteiger partial charge in [0.05, 0.1) is 4.90 Å².